The Kier molecular flexibility index (Phi) is 3.71. The van der Waals surface area contributed by atoms with Gasteiger partial charge in [0.1, 0.15) is 0 Å². The van der Waals surface area contributed by atoms with Gasteiger partial charge in [-0.2, -0.15) is 0 Å². The molecule has 0 aromatic heterocycles. The third kappa shape index (κ3) is 3.25. The van der Waals surface area contributed by atoms with Crippen molar-refractivity contribution in [1.82, 2.24) is 5.32 Å². The van der Waals surface area contributed by atoms with E-state index < -0.39 is 5.60 Å². The van der Waals surface area contributed by atoms with Crippen LogP contribution in [-0.4, -0.2) is 34.5 Å². The average Bonchev–Trinajstić information content (AvgIpc) is 2.48. The van der Waals surface area contributed by atoms with Crippen LogP contribution in [0, 0.1) is 0 Å². The lowest BCUT2D eigenvalue weighted by Gasteiger charge is -2.25. The fourth-order valence-corrected chi connectivity index (χ4v) is 1.65. The van der Waals surface area contributed by atoms with Crippen molar-refractivity contribution >= 4 is 0 Å². The molecule has 1 aliphatic carbocycles. The normalized spacial score (nSPS) is 33.2. The third-order valence-corrected chi connectivity index (χ3v) is 2.99. The fourth-order valence-electron chi connectivity index (χ4n) is 1.65. The molecule has 0 amide bonds. The van der Waals surface area contributed by atoms with Gasteiger partial charge < -0.3 is 15.5 Å². The molecular formula is C10H21NO2. The Bertz CT molecular complexity index is 159. The van der Waals surface area contributed by atoms with Crippen LogP contribution in [0.1, 0.15) is 39.5 Å². The van der Waals surface area contributed by atoms with Crippen molar-refractivity contribution < 1.29 is 10.2 Å². The van der Waals surface area contributed by atoms with E-state index in [9.17, 15) is 10.2 Å². The molecule has 3 N–H and O–H groups in total. The van der Waals surface area contributed by atoms with E-state index in [0.29, 0.717) is 6.54 Å². The minimum atomic E-state index is -0.637. The summed E-state index contributed by atoms with van der Waals surface area (Å²) in [4.78, 5) is 0. The fraction of sp³-hybridized carbons (Fsp3) is 1.00. The highest BCUT2D eigenvalue weighted by Gasteiger charge is 2.27. The second-order valence-electron chi connectivity index (χ2n) is 4.34. The summed E-state index contributed by atoms with van der Waals surface area (Å²) in [6.07, 6.45) is 3.54. The molecule has 1 fully saturated rings. The van der Waals surface area contributed by atoms with E-state index in [-0.39, 0.29) is 12.1 Å². The van der Waals surface area contributed by atoms with Crippen molar-refractivity contribution in [3.05, 3.63) is 0 Å². The predicted octanol–water partition coefficient (Wildman–Crippen LogP) is 0.650. The molecule has 13 heavy (non-hydrogen) atoms. The van der Waals surface area contributed by atoms with Gasteiger partial charge in [-0.15, -0.1) is 0 Å². The van der Waals surface area contributed by atoms with Crippen LogP contribution in [-0.2, 0) is 0 Å². The summed E-state index contributed by atoms with van der Waals surface area (Å²) in [5.74, 6) is 0. The molecule has 3 atom stereocenters. The van der Waals surface area contributed by atoms with Crippen LogP contribution in [0.2, 0.25) is 0 Å². The van der Waals surface area contributed by atoms with Gasteiger partial charge in [-0.05, 0) is 32.6 Å². The number of aliphatic hydroxyl groups excluding tert-OH is 1. The van der Waals surface area contributed by atoms with E-state index in [1.807, 2.05) is 13.8 Å². The lowest BCUT2D eigenvalue weighted by Crippen LogP contribution is -2.44. The Hall–Kier alpha value is -0.120. The van der Waals surface area contributed by atoms with Gasteiger partial charge in [0.15, 0.2) is 0 Å². The van der Waals surface area contributed by atoms with Crippen LogP contribution in [0.5, 0.6) is 0 Å². The van der Waals surface area contributed by atoms with E-state index >= 15 is 0 Å². The molecular weight excluding hydrogens is 166 g/mol. The van der Waals surface area contributed by atoms with E-state index in [1.165, 1.54) is 0 Å². The monoisotopic (exact) mass is 187 g/mol. The highest BCUT2D eigenvalue weighted by Crippen LogP contribution is 2.19. The number of aliphatic hydroxyl groups is 2. The van der Waals surface area contributed by atoms with E-state index in [1.54, 1.807) is 0 Å². The predicted molar refractivity (Wildman–Crippen MR) is 52.6 cm³/mol. The van der Waals surface area contributed by atoms with E-state index in [2.05, 4.69) is 5.32 Å². The largest absolute Gasteiger partial charge is 0.392 e. The molecule has 0 aromatic carbocycles. The van der Waals surface area contributed by atoms with Crippen LogP contribution >= 0.6 is 0 Å². The van der Waals surface area contributed by atoms with Gasteiger partial charge in [-0.3, -0.25) is 0 Å². The van der Waals surface area contributed by atoms with Crippen molar-refractivity contribution in [2.75, 3.05) is 6.54 Å². The van der Waals surface area contributed by atoms with E-state index in [4.69, 9.17) is 0 Å². The minimum absolute atomic E-state index is 0.193. The molecule has 0 aromatic rings. The van der Waals surface area contributed by atoms with Crippen LogP contribution in [0.15, 0.2) is 0 Å². The van der Waals surface area contributed by atoms with Gasteiger partial charge in [-0.25, -0.2) is 0 Å². The second-order valence-corrected chi connectivity index (χ2v) is 4.34. The Morgan fingerprint density at radius 3 is 2.62 bits per heavy atom. The molecule has 0 bridgehead atoms. The number of hydrogen-bond donors (Lipinski definition) is 3. The number of rotatable bonds is 4. The van der Waals surface area contributed by atoms with Crippen LogP contribution in [0.3, 0.4) is 0 Å². The lowest BCUT2D eigenvalue weighted by molar-refractivity contribution is 0.0459. The molecule has 78 valence electrons. The molecule has 1 aliphatic rings. The molecule has 0 heterocycles. The molecule has 0 spiro atoms. The van der Waals surface area contributed by atoms with Gasteiger partial charge in [0.05, 0.1) is 11.7 Å². The highest BCUT2D eigenvalue weighted by molar-refractivity contribution is 4.85. The number of hydrogen-bond acceptors (Lipinski definition) is 3. The molecule has 1 rings (SSSR count). The van der Waals surface area contributed by atoms with Crippen LogP contribution in [0.4, 0.5) is 0 Å². The van der Waals surface area contributed by atoms with Crippen molar-refractivity contribution in [2.45, 2.75) is 57.3 Å². The van der Waals surface area contributed by atoms with Gasteiger partial charge >= 0.3 is 0 Å². The van der Waals surface area contributed by atoms with Gasteiger partial charge in [-0.1, -0.05) is 6.92 Å². The van der Waals surface area contributed by atoms with Gasteiger partial charge in [0.2, 0.25) is 0 Å². The zero-order valence-corrected chi connectivity index (χ0v) is 8.58. The maximum absolute atomic E-state index is 9.73. The minimum Gasteiger partial charge on any atom is -0.392 e. The summed E-state index contributed by atoms with van der Waals surface area (Å²) in [6.45, 7) is 4.36. The molecule has 0 aliphatic heterocycles. The third-order valence-electron chi connectivity index (χ3n) is 2.99. The van der Waals surface area contributed by atoms with Crippen molar-refractivity contribution in [3.63, 3.8) is 0 Å². The molecule has 1 unspecified atom stereocenters. The summed E-state index contributed by atoms with van der Waals surface area (Å²) in [5.41, 5.74) is -0.637. The molecule has 1 saturated carbocycles. The smallest absolute Gasteiger partial charge is 0.0741 e. The molecule has 0 saturated heterocycles. The zero-order valence-electron chi connectivity index (χ0n) is 8.58. The van der Waals surface area contributed by atoms with Gasteiger partial charge in [0.25, 0.3) is 0 Å². The molecule has 3 nitrogen and oxygen atoms in total. The Balaban J connectivity index is 2.25. The Labute approximate surface area is 80.2 Å². The first kappa shape index (κ1) is 11.0. The maximum Gasteiger partial charge on any atom is 0.0741 e. The van der Waals surface area contributed by atoms with E-state index in [0.717, 1.165) is 25.7 Å². The van der Waals surface area contributed by atoms with Crippen LogP contribution < -0.4 is 5.32 Å². The molecule has 0 radical (unpaired) electrons. The molecule has 3 heteroatoms. The lowest BCUT2D eigenvalue weighted by atomic mass is 10.0. The summed E-state index contributed by atoms with van der Waals surface area (Å²) >= 11 is 0. The summed E-state index contributed by atoms with van der Waals surface area (Å²) < 4.78 is 0. The van der Waals surface area contributed by atoms with Crippen molar-refractivity contribution in [2.24, 2.45) is 0 Å². The Morgan fingerprint density at radius 2 is 2.15 bits per heavy atom. The quantitative estimate of drug-likeness (QED) is 0.605. The first-order valence-electron chi connectivity index (χ1n) is 5.19. The topological polar surface area (TPSA) is 52.5 Å². The second kappa shape index (κ2) is 4.40. The standard InChI is InChI=1S/C10H21NO2/c1-3-10(2,13)7-11-8-5-4-6-9(8)12/h8-9,11-13H,3-7H2,1-2H3/t8-,9-,10?/m1/s1. The summed E-state index contributed by atoms with van der Waals surface area (Å²) in [6, 6.07) is 0.193. The summed E-state index contributed by atoms with van der Waals surface area (Å²) in [7, 11) is 0. The number of nitrogens with one attached hydrogen (secondary N) is 1. The van der Waals surface area contributed by atoms with Gasteiger partial charge in [0, 0.05) is 12.6 Å². The van der Waals surface area contributed by atoms with Crippen molar-refractivity contribution in [1.29, 1.82) is 0 Å². The zero-order chi connectivity index (χ0) is 9.90. The maximum atomic E-state index is 9.73. The van der Waals surface area contributed by atoms with Crippen LogP contribution in [0.25, 0.3) is 0 Å². The summed E-state index contributed by atoms with van der Waals surface area (Å²) in [5, 5.41) is 22.5. The highest BCUT2D eigenvalue weighted by atomic mass is 16.3. The SMILES string of the molecule is CCC(C)(O)CN[C@@H]1CCC[C@H]1O. The first-order chi connectivity index (χ1) is 6.05. The van der Waals surface area contributed by atoms with Crippen molar-refractivity contribution in [3.8, 4) is 0 Å². The first-order valence-corrected chi connectivity index (χ1v) is 5.19. The average molecular weight is 187 g/mol. The Morgan fingerprint density at radius 1 is 1.46 bits per heavy atom.